The normalized spacial score (nSPS) is 18.0. The average molecular weight is 358 g/mol. The highest BCUT2D eigenvalue weighted by Gasteiger charge is 2.24. The van der Waals surface area contributed by atoms with Gasteiger partial charge in [-0.3, -0.25) is 4.68 Å². The average Bonchev–Trinajstić information content (AvgIpc) is 3.22. The highest BCUT2D eigenvalue weighted by Crippen LogP contribution is 2.33. The molecule has 1 saturated heterocycles. The molecule has 1 fully saturated rings. The van der Waals surface area contributed by atoms with Gasteiger partial charge in [-0.15, -0.1) is 16.4 Å². The first-order chi connectivity index (χ1) is 12.1. The number of aryl methyl sites for hydroxylation is 1. The Labute approximate surface area is 148 Å². The summed E-state index contributed by atoms with van der Waals surface area (Å²) in [6, 6.07) is 0. The molecule has 0 amide bonds. The number of carboxylic acid groups (broad SMARTS) is 1. The predicted octanol–water partition coefficient (Wildman–Crippen LogP) is 2.21. The molecule has 1 N–H and O–H groups in total. The lowest BCUT2D eigenvalue weighted by atomic mass is 9.98. The highest BCUT2D eigenvalue weighted by molar-refractivity contribution is 7.18. The van der Waals surface area contributed by atoms with Crippen molar-refractivity contribution in [2.75, 3.05) is 18.0 Å². The van der Waals surface area contributed by atoms with Crippen LogP contribution in [0.2, 0.25) is 0 Å². The number of nitrogens with zero attached hydrogens (tertiary/aromatic N) is 6. The van der Waals surface area contributed by atoms with E-state index in [1.54, 1.807) is 22.3 Å². The summed E-state index contributed by atoms with van der Waals surface area (Å²) in [5.74, 6) is 0.328. The summed E-state index contributed by atoms with van der Waals surface area (Å²) >= 11 is 1.69. The Bertz CT molecular complexity index is 920. The minimum atomic E-state index is -1.05. The Morgan fingerprint density at radius 1 is 1.44 bits per heavy atom. The smallest absolute Gasteiger partial charge is 0.358 e. The van der Waals surface area contributed by atoms with E-state index in [2.05, 4.69) is 37.5 Å². The molecule has 8 nitrogen and oxygen atoms in total. The lowest BCUT2D eigenvalue weighted by Crippen LogP contribution is -2.37. The lowest BCUT2D eigenvalue weighted by molar-refractivity contribution is 0.0690. The van der Waals surface area contributed by atoms with E-state index >= 15 is 0 Å². The van der Waals surface area contributed by atoms with E-state index in [9.17, 15) is 4.79 Å². The summed E-state index contributed by atoms with van der Waals surface area (Å²) < 4.78 is 2.76. The van der Waals surface area contributed by atoms with Crippen LogP contribution in [-0.4, -0.2) is 49.1 Å². The maximum atomic E-state index is 10.9. The van der Waals surface area contributed by atoms with E-state index in [0.717, 1.165) is 42.0 Å². The van der Waals surface area contributed by atoms with Crippen molar-refractivity contribution in [1.82, 2.24) is 25.0 Å². The van der Waals surface area contributed by atoms with E-state index in [1.165, 1.54) is 11.8 Å². The maximum Gasteiger partial charge on any atom is 0.358 e. The zero-order chi connectivity index (χ0) is 17.4. The van der Waals surface area contributed by atoms with E-state index in [0.29, 0.717) is 12.5 Å². The number of thiophene rings is 1. The number of rotatable bonds is 4. The second kappa shape index (κ2) is 6.40. The van der Waals surface area contributed by atoms with E-state index in [4.69, 9.17) is 5.11 Å². The topological polar surface area (TPSA) is 97.0 Å². The lowest BCUT2D eigenvalue weighted by Gasteiger charge is -2.33. The molecule has 0 aromatic carbocycles. The van der Waals surface area contributed by atoms with Crippen LogP contribution in [-0.2, 0) is 6.54 Å². The standard InChI is InChI=1S/C16H18N6O2S/c1-10-8-25-14-13(10)17-9-18-15(14)21-4-2-3-11(5-21)6-22-7-12(16(23)24)19-20-22/h7-9,11H,2-6H2,1H3,(H,23,24). The van der Waals surface area contributed by atoms with E-state index in [1.807, 2.05) is 0 Å². The van der Waals surface area contributed by atoms with Crippen molar-refractivity contribution in [3.63, 3.8) is 0 Å². The number of aromatic carboxylic acids is 1. The first-order valence-electron chi connectivity index (χ1n) is 8.19. The fourth-order valence-electron chi connectivity index (χ4n) is 3.34. The van der Waals surface area contributed by atoms with Crippen LogP contribution in [0.15, 0.2) is 17.9 Å². The fraction of sp³-hybridized carbons (Fsp3) is 0.438. The van der Waals surface area contributed by atoms with Crippen molar-refractivity contribution < 1.29 is 9.90 Å². The third-order valence-electron chi connectivity index (χ3n) is 4.53. The van der Waals surface area contributed by atoms with Gasteiger partial charge in [0.25, 0.3) is 0 Å². The number of carbonyl (C=O) groups is 1. The van der Waals surface area contributed by atoms with Crippen LogP contribution in [0.1, 0.15) is 28.9 Å². The van der Waals surface area contributed by atoms with Gasteiger partial charge >= 0.3 is 5.97 Å². The molecule has 1 aliphatic rings. The molecule has 0 saturated carbocycles. The molecule has 4 rings (SSSR count). The Hall–Kier alpha value is -2.55. The molecule has 4 heterocycles. The van der Waals surface area contributed by atoms with Crippen molar-refractivity contribution in [2.45, 2.75) is 26.3 Å². The number of hydrogen-bond donors (Lipinski definition) is 1. The van der Waals surface area contributed by atoms with Gasteiger partial charge in [0.15, 0.2) is 5.69 Å². The van der Waals surface area contributed by atoms with Gasteiger partial charge in [-0.2, -0.15) is 0 Å². The Balaban J connectivity index is 1.53. The number of piperidine rings is 1. The molecule has 0 spiro atoms. The SMILES string of the molecule is Cc1csc2c(N3CCCC(Cn4cc(C(=O)O)nn4)C3)ncnc12. The first-order valence-corrected chi connectivity index (χ1v) is 9.07. The summed E-state index contributed by atoms with van der Waals surface area (Å²) in [6.45, 7) is 4.57. The van der Waals surface area contributed by atoms with Crippen LogP contribution in [0.25, 0.3) is 10.2 Å². The van der Waals surface area contributed by atoms with Gasteiger partial charge in [0.05, 0.1) is 16.4 Å². The molecular formula is C16H18N6O2S. The number of carboxylic acids is 1. The maximum absolute atomic E-state index is 10.9. The third-order valence-corrected chi connectivity index (χ3v) is 5.62. The summed E-state index contributed by atoms with van der Waals surface area (Å²) in [5.41, 5.74) is 2.19. The van der Waals surface area contributed by atoms with E-state index < -0.39 is 5.97 Å². The van der Waals surface area contributed by atoms with Crippen molar-refractivity contribution in [2.24, 2.45) is 5.92 Å². The second-order valence-corrected chi connectivity index (χ2v) is 7.26. The molecule has 25 heavy (non-hydrogen) atoms. The Kier molecular flexibility index (Phi) is 4.08. The highest BCUT2D eigenvalue weighted by atomic mass is 32.1. The van der Waals surface area contributed by atoms with Crippen LogP contribution in [0.4, 0.5) is 5.82 Å². The van der Waals surface area contributed by atoms with Gasteiger partial charge in [-0.25, -0.2) is 14.8 Å². The van der Waals surface area contributed by atoms with Crippen molar-refractivity contribution in [1.29, 1.82) is 0 Å². The molecule has 0 aliphatic carbocycles. The monoisotopic (exact) mass is 358 g/mol. The van der Waals surface area contributed by atoms with Crippen LogP contribution >= 0.6 is 11.3 Å². The molecule has 9 heteroatoms. The molecule has 3 aromatic rings. The second-order valence-electron chi connectivity index (χ2n) is 6.38. The summed E-state index contributed by atoms with van der Waals surface area (Å²) in [5, 5.41) is 18.7. The van der Waals surface area contributed by atoms with Gasteiger partial charge in [0, 0.05) is 19.6 Å². The molecule has 1 aliphatic heterocycles. The zero-order valence-electron chi connectivity index (χ0n) is 13.8. The first kappa shape index (κ1) is 15.9. The number of anilines is 1. The molecule has 1 unspecified atom stereocenters. The fourth-order valence-corrected chi connectivity index (χ4v) is 4.36. The van der Waals surface area contributed by atoms with Crippen LogP contribution in [0, 0.1) is 12.8 Å². The van der Waals surface area contributed by atoms with Gasteiger partial charge in [-0.1, -0.05) is 5.21 Å². The van der Waals surface area contributed by atoms with Crippen LogP contribution in [0.3, 0.4) is 0 Å². The quantitative estimate of drug-likeness (QED) is 0.763. The molecule has 0 bridgehead atoms. The minimum Gasteiger partial charge on any atom is -0.476 e. The Morgan fingerprint density at radius 3 is 3.12 bits per heavy atom. The van der Waals surface area contributed by atoms with E-state index in [-0.39, 0.29) is 5.69 Å². The summed E-state index contributed by atoms with van der Waals surface area (Å²) in [6.07, 6.45) is 5.28. The van der Waals surface area contributed by atoms with Crippen LogP contribution in [0.5, 0.6) is 0 Å². The number of hydrogen-bond acceptors (Lipinski definition) is 7. The molecule has 0 radical (unpaired) electrons. The molecule has 1 atom stereocenters. The van der Waals surface area contributed by atoms with Crippen molar-refractivity contribution >= 4 is 33.3 Å². The molecule has 3 aromatic heterocycles. The minimum absolute atomic E-state index is 0.0146. The largest absolute Gasteiger partial charge is 0.476 e. The van der Waals surface area contributed by atoms with Crippen LogP contribution < -0.4 is 4.90 Å². The van der Waals surface area contributed by atoms with Gasteiger partial charge in [0.1, 0.15) is 12.1 Å². The third kappa shape index (κ3) is 3.07. The van der Waals surface area contributed by atoms with Crippen molar-refractivity contribution in [3.05, 3.63) is 29.2 Å². The summed E-state index contributed by atoms with van der Waals surface area (Å²) in [7, 11) is 0. The zero-order valence-corrected chi connectivity index (χ0v) is 14.6. The molecule has 130 valence electrons. The van der Waals surface area contributed by atoms with Gasteiger partial charge in [-0.05, 0) is 36.6 Å². The summed E-state index contributed by atoms with van der Waals surface area (Å²) in [4.78, 5) is 22.2. The van der Waals surface area contributed by atoms with Crippen molar-refractivity contribution in [3.8, 4) is 0 Å². The van der Waals surface area contributed by atoms with Gasteiger partial charge < -0.3 is 10.0 Å². The number of fused-ring (bicyclic) bond motifs is 1. The molecular weight excluding hydrogens is 340 g/mol. The number of aromatic nitrogens is 5. The Morgan fingerprint density at radius 2 is 2.32 bits per heavy atom. The predicted molar refractivity (Wildman–Crippen MR) is 94.1 cm³/mol. The van der Waals surface area contributed by atoms with Gasteiger partial charge in [0.2, 0.25) is 0 Å².